The molecule has 2 aromatic heterocycles. The number of likely N-dealkylation sites (tertiary alicyclic amines) is 1. The Morgan fingerprint density at radius 3 is 2.59 bits per heavy atom. The van der Waals surface area contributed by atoms with Gasteiger partial charge in [-0.2, -0.15) is 0 Å². The summed E-state index contributed by atoms with van der Waals surface area (Å²) in [6, 6.07) is 12.8. The van der Waals surface area contributed by atoms with Gasteiger partial charge in [0.1, 0.15) is 0 Å². The number of pyridine rings is 1. The second-order valence-corrected chi connectivity index (χ2v) is 6.92. The van der Waals surface area contributed by atoms with Crippen LogP contribution in [0.4, 0.5) is 0 Å². The van der Waals surface area contributed by atoms with Crippen LogP contribution in [0.2, 0.25) is 5.02 Å². The van der Waals surface area contributed by atoms with E-state index in [0.29, 0.717) is 16.2 Å². The molecule has 1 aromatic carbocycles. The minimum atomic E-state index is -0.350. The summed E-state index contributed by atoms with van der Waals surface area (Å²) in [7, 11) is 0. The Kier molecular flexibility index (Phi) is 4.81. The van der Waals surface area contributed by atoms with Gasteiger partial charge in [0, 0.05) is 30.9 Å². The first-order valence-electron chi connectivity index (χ1n) is 8.93. The van der Waals surface area contributed by atoms with E-state index in [0.717, 1.165) is 31.5 Å². The van der Waals surface area contributed by atoms with Gasteiger partial charge in [-0.1, -0.05) is 35.9 Å². The Balaban J connectivity index is 1.62. The average Bonchev–Trinajstić information content (AvgIpc) is 3.35. The van der Waals surface area contributed by atoms with E-state index < -0.39 is 0 Å². The lowest BCUT2D eigenvalue weighted by Crippen LogP contribution is -2.28. The molecule has 2 amide bonds. The van der Waals surface area contributed by atoms with Crippen molar-refractivity contribution in [2.75, 3.05) is 13.1 Å². The lowest BCUT2D eigenvalue weighted by Gasteiger charge is -2.13. The standard InChI is InChI=1S/C20H19ClN4O2/c21-15-8-2-1-7-14(15)13-22-19(26)18-23-17(16-9-3-4-12-25(16)18)20(27)24-10-5-6-11-24/h1-4,7-9,12H,5-6,10-11,13H2,(H,22,26). The number of fused-ring (bicyclic) bond motifs is 1. The summed E-state index contributed by atoms with van der Waals surface area (Å²) in [5.74, 6) is -0.279. The van der Waals surface area contributed by atoms with Gasteiger partial charge in [-0.15, -0.1) is 0 Å². The molecule has 3 aromatic rings. The van der Waals surface area contributed by atoms with Crippen LogP contribution in [0.25, 0.3) is 5.52 Å². The number of carbonyl (C=O) groups is 2. The molecule has 0 spiro atoms. The van der Waals surface area contributed by atoms with Crippen LogP contribution in [0, 0.1) is 0 Å². The molecule has 1 fully saturated rings. The number of imidazole rings is 1. The van der Waals surface area contributed by atoms with Crippen molar-refractivity contribution in [3.05, 3.63) is 70.8 Å². The van der Waals surface area contributed by atoms with Crippen molar-refractivity contribution in [3.63, 3.8) is 0 Å². The van der Waals surface area contributed by atoms with Gasteiger partial charge < -0.3 is 10.2 Å². The zero-order chi connectivity index (χ0) is 18.8. The van der Waals surface area contributed by atoms with Crippen LogP contribution in [-0.2, 0) is 6.54 Å². The predicted molar refractivity (Wildman–Crippen MR) is 103 cm³/mol. The number of amides is 2. The van der Waals surface area contributed by atoms with E-state index in [1.54, 1.807) is 27.6 Å². The van der Waals surface area contributed by atoms with Crippen LogP contribution in [0.15, 0.2) is 48.7 Å². The number of halogens is 1. The molecule has 0 bridgehead atoms. The number of nitrogens with one attached hydrogen (secondary N) is 1. The molecule has 6 nitrogen and oxygen atoms in total. The topological polar surface area (TPSA) is 66.7 Å². The molecule has 138 valence electrons. The fraction of sp³-hybridized carbons (Fsp3) is 0.250. The van der Waals surface area contributed by atoms with E-state index in [1.807, 2.05) is 30.3 Å². The molecule has 7 heteroatoms. The zero-order valence-corrected chi connectivity index (χ0v) is 15.4. The molecule has 3 heterocycles. The Hall–Kier alpha value is -2.86. The van der Waals surface area contributed by atoms with Gasteiger partial charge >= 0.3 is 0 Å². The smallest absolute Gasteiger partial charge is 0.287 e. The zero-order valence-electron chi connectivity index (χ0n) is 14.7. The van der Waals surface area contributed by atoms with Crippen molar-refractivity contribution in [2.24, 2.45) is 0 Å². The molecule has 1 aliphatic rings. The maximum absolute atomic E-state index is 12.8. The summed E-state index contributed by atoms with van der Waals surface area (Å²) in [6.45, 7) is 1.76. The minimum Gasteiger partial charge on any atom is -0.345 e. The molecule has 1 aliphatic heterocycles. The highest BCUT2D eigenvalue weighted by atomic mass is 35.5. The van der Waals surface area contributed by atoms with E-state index in [2.05, 4.69) is 10.3 Å². The molecule has 1 saturated heterocycles. The SMILES string of the molecule is O=C(NCc1ccccc1Cl)c1nc(C(=O)N2CCCC2)c2ccccn12. The number of rotatable bonds is 4. The van der Waals surface area contributed by atoms with E-state index >= 15 is 0 Å². The molecule has 27 heavy (non-hydrogen) atoms. The second kappa shape index (κ2) is 7.40. The average molecular weight is 383 g/mol. The van der Waals surface area contributed by atoms with Crippen molar-refractivity contribution in [1.82, 2.24) is 19.6 Å². The van der Waals surface area contributed by atoms with Crippen LogP contribution in [0.3, 0.4) is 0 Å². The van der Waals surface area contributed by atoms with Crippen LogP contribution in [0.5, 0.6) is 0 Å². The lowest BCUT2D eigenvalue weighted by molar-refractivity contribution is 0.0789. The maximum atomic E-state index is 12.8. The third kappa shape index (κ3) is 3.40. The quantitative estimate of drug-likeness (QED) is 0.753. The highest BCUT2D eigenvalue weighted by Gasteiger charge is 2.26. The first-order chi connectivity index (χ1) is 13.1. The van der Waals surface area contributed by atoms with Gasteiger partial charge in [0.15, 0.2) is 5.69 Å². The lowest BCUT2D eigenvalue weighted by atomic mass is 10.2. The van der Waals surface area contributed by atoms with Crippen molar-refractivity contribution in [1.29, 1.82) is 0 Å². The number of carbonyl (C=O) groups excluding carboxylic acids is 2. The van der Waals surface area contributed by atoms with Crippen molar-refractivity contribution >= 4 is 28.9 Å². The van der Waals surface area contributed by atoms with Gasteiger partial charge in [0.05, 0.1) is 5.52 Å². The highest BCUT2D eigenvalue weighted by molar-refractivity contribution is 6.31. The molecule has 0 radical (unpaired) electrons. The molecule has 4 rings (SSSR count). The summed E-state index contributed by atoms with van der Waals surface area (Å²) in [6.07, 6.45) is 3.75. The Morgan fingerprint density at radius 1 is 1.07 bits per heavy atom. The molecule has 0 aliphatic carbocycles. The Bertz CT molecular complexity index is 1010. The third-order valence-corrected chi connectivity index (χ3v) is 5.11. The van der Waals surface area contributed by atoms with Gasteiger partial charge in [0.2, 0.25) is 5.82 Å². The summed E-state index contributed by atoms with van der Waals surface area (Å²) >= 11 is 6.14. The summed E-state index contributed by atoms with van der Waals surface area (Å²) in [5, 5.41) is 3.43. The molecule has 0 atom stereocenters. The first kappa shape index (κ1) is 17.5. The summed E-state index contributed by atoms with van der Waals surface area (Å²) in [5.41, 5.74) is 1.78. The minimum absolute atomic E-state index is 0.124. The number of aromatic nitrogens is 2. The monoisotopic (exact) mass is 382 g/mol. The van der Waals surface area contributed by atoms with Gasteiger partial charge in [-0.3, -0.25) is 14.0 Å². The second-order valence-electron chi connectivity index (χ2n) is 6.51. The summed E-state index contributed by atoms with van der Waals surface area (Å²) in [4.78, 5) is 31.7. The summed E-state index contributed by atoms with van der Waals surface area (Å²) < 4.78 is 1.66. The van der Waals surface area contributed by atoms with Crippen LogP contribution >= 0.6 is 11.6 Å². The number of hydrogen-bond donors (Lipinski definition) is 1. The molecule has 0 saturated carbocycles. The maximum Gasteiger partial charge on any atom is 0.287 e. The molecule has 1 N–H and O–H groups in total. The van der Waals surface area contributed by atoms with E-state index in [-0.39, 0.29) is 24.2 Å². The fourth-order valence-electron chi connectivity index (χ4n) is 3.32. The van der Waals surface area contributed by atoms with Crippen LogP contribution in [-0.4, -0.2) is 39.2 Å². The van der Waals surface area contributed by atoms with E-state index in [9.17, 15) is 9.59 Å². The highest BCUT2D eigenvalue weighted by Crippen LogP contribution is 2.19. The van der Waals surface area contributed by atoms with E-state index in [4.69, 9.17) is 11.6 Å². The van der Waals surface area contributed by atoms with Crippen LogP contribution in [0.1, 0.15) is 39.5 Å². The normalized spacial score (nSPS) is 13.9. The van der Waals surface area contributed by atoms with Crippen molar-refractivity contribution in [2.45, 2.75) is 19.4 Å². The first-order valence-corrected chi connectivity index (χ1v) is 9.31. The number of nitrogens with zero attached hydrogens (tertiary/aromatic N) is 3. The van der Waals surface area contributed by atoms with Gasteiger partial charge in [-0.05, 0) is 36.6 Å². The van der Waals surface area contributed by atoms with E-state index in [1.165, 1.54) is 0 Å². The number of benzene rings is 1. The van der Waals surface area contributed by atoms with Crippen molar-refractivity contribution in [3.8, 4) is 0 Å². The molecular weight excluding hydrogens is 364 g/mol. The largest absolute Gasteiger partial charge is 0.345 e. The predicted octanol–water partition coefficient (Wildman–Crippen LogP) is 3.15. The number of hydrogen-bond acceptors (Lipinski definition) is 3. The third-order valence-electron chi connectivity index (χ3n) is 4.74. The Morgan fingerprint density at radius 2 is 1.81 bits per heavy atom. The fourth-order valence-corrected chi connectivity index (χ4v) is 3.52. The molecular formula is C20H19ClN4O2. The molecule has 0 unspecified atom stereocenters. The van der Waals surface area contributed by atoms with Gasteiger partial charge in [0.25, 0.3) is 11.8 Å². The van der Waals surface area contributed by atoms with Gasteiger partial charge in [-0.25, -0.2) is 4.98 Å². The Labute approximate surface area is 161 Å². The van der Waals surface area contributed by atoms with Crippen LogP contribution < -0.4 is 5.32 Å². The van der Waals surface area contributed by atoms with Crippen molar-refractivity contribution < 1.29 is 9.59 Å².